The van der Waals surface area contributed by atoms with Crippen molar-refractivity contribution in [3.05, 3.63) is 52.7 Å². The summed E-state index contributed by atoms with van der Waals surface area (Å²) in [5, 5.41) is -0.167. The van der Waals surface area contributed by atoms with Gasteiger partial charge in [-0.3, -0.25) is 4.90 Å². The standard InChI is InChI=1S/C16H12ClF3N2O3/c1-24-10-4-2-9(3-5-10)8-22-14-12(11(17)6-7-21-14)13(16(18,19)20)25-15(22)23/h2-7,13H,8H2,1H3/t13-/m1/s1. The third kappa shape index (κ3) is 3.34. The Morgan fingerprint density at radius 3 is 2.56 bits per heavy atom. The largest absolute Gasteiger partial charge is 0.497 e. The van der Waals surface area contributed by atoms with E-state index >= 15 is 0 Å². The number of aromatic nitrogens is 1. The fourth-order valence-electron chi connectivity index (χ4n) is 2.49. The molecule has 0 fully saturated rings. The first-order chi connectivity index (χ1) is 11.8. The van der Waals surface area contributed by atoms with Gasteiger partial charge in [-0.1, -0.05) is 23.7 Å². The lowest BCUT2D eigenvalue weighted by Gasteiger charge is -2.34. The van der Waals surface area contributed by atoms with Gasteiger partial charge >= 0.3 is 12.3 Å². The summed E-state index contributed by atoms with van der Waals surface area (Å²) in [6.07, 6.45) is -7.12. The van der Waals surface area contributed by atoms with E-state index in [0.717, 1.165) is 4.90 Å². The Labute approximate surface area is 145 Å². The highest BCUT2D eigenvalue weighted by Crippen LogP contribution is 2.46. The molecule has 2 heterocycles. The van der Waals surface area contributed by atoms with E-state index in [-0.39, 0.29) is 22.9 Å². The summed E-state index contributed by atoms with van der Waals surface area (Å²) < 4.78 is 49.3. The molecule has 1 aromatic heterocycles. The molecule has 3 rings (SSSR count). The van der Waals surface area contributed by atoms with E-state index < -0.39 is 18.4 Å². The van der Waals surface area contributed by atoms with Crippen LogP contribution in [0, 0.1) is 0 Å². The number of fused-ring (bicyclic) bond motifs is 1. The molecule has 0 saturated heterocycles. The molecule has 0 N–H and O–H groups in total. The minimum absolute atomic E-state index is 0.0201. The van der Waals surface area contributed by atoms with E-state index in [1.807, 2.05) is 0 Å². The van der Waals surface area contributed by atoms with Crippen molar-refractivity contribution >= 4 is 23.5 Å². The molecular formula is C16H12ClF3N2O3. The van der Waals surface area contributed by atoms with Gasteiger partial charge in [-0.25, -0.2) is 9.78 Å². The number of halogens is 4. The number of alkyl halides is 3. The van der Waals surface area contributed by atoms with Crippen LogP contribution in [0.1, 0.15) is 17.2 Å². The zero-order valence-electron chi connectivity index (χ0n) is 12.9. The van der Waals surface area contributed by atoms with Crippen molar-refractivity contribution in [2.24, 2.45) is 0 Å². The minimum Gasteiger partial charge on any atom is -0.497 e. The maximum atomic E-state index is 13.2. The van der Waals surface area contributed by atoms with Gasteiger partial charge < -0.3 is 9.47 Å². The van der Waals surface area contributed by atoms with Crippen LogP contribution in [-0.2, 0) is 11.3 Å². The van der Waals surface area contributed by atoms with Crippen molar-refractivity contribution in [2.45, 2.75) is 18.8 Å². The smallest absolute Gasteiger partial charge is 0.430 e. The number of amides is 1. The third-order valence-electron chi connectivity index (χ3n) is 3.67. The Kier molecular flexibility index (Phi) is 4.47. The number of ether oxygens (including phenoxy) is 2. The average molecular weight is 373 g/mol. The van der Waals surface area contributed by atoms with Crippen LogP contribution >= 0.6 is 11.6 Å². The van der Waals surface area contributed by atoms with E-state index in [2.05, 4.69) is 9.72 Å². The second-order valence-corrected chi connectivity index (χ2v) is 5.68. The van der Waals surface area contributed by atoms with E-state index in [0.29, 0.717) is 11.3 Å². The molecule has 0 unspecified atom stereocenters. The summed E-state index contributed by atoms with van der Waals surface area (Å²) in [6, 6.07) is 7.95. The van der Waals surface area contributed by atoms with Crippen molar-refractivity contribution < 1.29 is 27.4 Å². The predicted molar refractivity (Wildman–Crippen MR) is 83.7 cm³/mol. The Balaban J connectivity index is 2.00. The van der Waals surface area contributed by atoms with Crippen LogP contribution in [0.15, 0.2) is 36.5 Å². The molecule has 1 aromatic carbocycles. The highest BCUT2D eigenvalue weighted by molar-refractivity contribution is 6.32. The first kappa shape index (κ1) is 17.3. The molecule has 0 spiro atoms. The van der Waals surface area contributed by atoms with Gasteiger partial charge in [0.15, 0.2) is 0 Å². The van der Waals surface area contributed by atoms with Gasteiger partial charge in [0.1, 0.15) is 11.6 Å². The maximum absolute atomic E-state index is 13.2. The fourth-order valence-corrected chi connectivity index (χ4v) is 2.73. The third-order valence-corrected chi connectivity index (χ3v) is 4.00. The molecule has 2 aromatic rings. The van der Waals surface area contributed by atoms with Gasteiger partial charge in [-0.2, -0.15) is 13.2 Å². The van der Waals surface area contributed by atoms with Crippen molar-refractivity contribution in [2.75, 3.05) is 12.0 Å². The number of anilines is 1. The molecule has 0 bridgehead atoms. The second kappa shape index (κ2) is 6.44. The van der Waals surface area contributed by atoms with Gasteiger partial charge in [0.2, 0.25) is 6.10 Å². The van der Waals surface area contributed by atoms with Gasteiger partial charge in [-0.15, -0.1) is 0 Å². The number of carbonyl (C=O) groups is 1. The van der Waals surface area contributed by atoms with Crippen molar-refractivity contribution in [3.63, 3.8) is 0 Å². The number of carbonyl (C=O) groups excluding carboxylic acids is 1. The number of rotatable bonds is 3. The number of pyridine rings is 1. The van der Waals surface area contributed by atoms with E-state index in [1.54, 1.807) is 24.3 Å². The van der Waals surface area contributed by atoms with Crippen molar-refractivity contribution in [1.82, 2.24) is 4.98 Å². The molecule has 0 aliphatic carbocycles. The lowest BCUT2D eigenvalue weighted by atomic mass is 10.1. The molecular weight excluding hydrogens is 361 g/mol. The maximum Gasteiger partial charge on any atom is 0.430 e. The minimum atomic E-state index is -4.79. The van der Waals surface area contributed by atoms with Crippen LogP contribution in [0.2, 0.25) is 5.02 Å². The number of hydrogen-bond donors (Lipinski definition) is 0. The predicted octanol–water partition coefficient (Wildman–Crippen LogP) is 4.50. The molecule has 0 saturated carbocycles. The Bertz CT molecular complexity index is 796. The molecule has 1 aliphatic heterocycles. The highest BCUT2D eigenvalue weighted by atomic mass is 35.5. The number of hydrogen-bond acceptors (Lipinski definition) is 4. The number of nitrogens with zero attached hydrogens (tertiary/aromatic N) is 2. The van der Waals surface area contributed by atoms with E-state index in [9.17, 15) is 18.0 Å². The second-order valence-electron chi connectivity index (χ2n) is 5.27. The van der Waals surface area contributed by atoms with Gasteiger partial charge in [-0.05, 0) is 23.8 Å². The van der Waals surface area contributed by atoms with Crippen LogP contribution in [0.5, 0.6) is 5.75 Å². The van der Waals surface area contributed by atoms with E-state index in [1.165, 1.54) is 19.4 Å². The summed E-state index contributed by atoms with van der Waals surface area (Å²) in [5.74, 6) is 0.450. The normalized spacial score (nSPS) is 17.1. The summed E-state index contributed by atoms with van der Waals surface area (Å²) >= 11 is 5.92. The monoisotopic (exact) mass is 372 g/mol. The first-order valence-electron chi connectivity index (χ1n) is 7.13. The van der Waals surface area contributed by atoms with Gasteiger partial charge in [0, 0.05) is 6.20 Å². The number of methoxy groups -OCH3 is 1. The van der Waals surface area contributed by atoms with Crippen LogP contribution in [-0.4, -0.2) is 24.4 Å². The lowest BCUT2D eigenvalue weighted by molar-refractivity contribution is -0.207. The lowest BCUT2D eigenvalue weighted by Crippen LogP contribution is -2.41. The molecule has 9 heteroatoms. The molecule has 1 amide bonds. The molecule has 25 heavy (non-hydrogen) atoms. The Hall–Kier alpha value is -2.48. The quantitative estimate of drug-likeness (QED) is 0.795. The Morgan fingerprint density at radius 2 is 1.96 bits per heavy atom. The van der Waals surface area contributed by atoms with Crippen LogP contribution in [0.3, 0.4) is 0 Å². The molecule has 0 radical (unpaired) electrons. The zero-order chi connectivity index (χ0) is 18.2. The van der Waals surface area contributed by atoms with Crippen LogP contribution in [0.25, 0.3) is 0 Å². The van der Waals surface area contributed by atoms with E-state index in [4.69, 9.17) is 16.3 Å². The number of benzene rings is 1. The summed E-state index contributed by atoms with van der Waals surface area (Å²) in [7, 11) is 1.51. The van der Waals surface area contributed by atoms with Crippen LogP contribution < -0.4 is 9.64 Å². The Morgan fingerprint density at radius 1 is 1.28 bits per heavy atom. The molecule has 1 aliphatic rings. The van der Waals surface area contributed by atoms with Gasteiger partial charge in [0.05, 0.1) is 24.2 Å². The molecule has 132 valence electrons. The van der Waals surface area contributed by atoms with Crippen molar-refractivity contribution in [1.29, 1.82) is 0 Å². The van der Waals surface area contributed by atoms with Crippen LogP contribution in [0.4, 0.5) is 23.8 Å². The summed E-state index contributed by atoms with van der Waals surface area (Å²) in [4.78, 5) is 17.1. The molecule has 1 atom stereocenters. The first-order valence-corrected chi connectivity index (χ1v) is 7.51. The molecule has 5 nitrogen and oxygen atoms in total. The summed E-state index contributed by atoms with van der Waals surface area (Å²) in [5.41, 5.74) is 0.292. The zero-order valence-corrected chi connectivity index (χ0v) is 13.6. The highest BCUT2D eigenvalue weighted by Gasteiger charge is 2.51. The topological polar surface area (TPSA) is 51.7 Å². The van der Waals surface area contributed by atoms with Crippen molar-refractivity contribution in [3.8, 4) is 5.75 Å². The summed E-state index contributed by atoms with van der Waals surface area (Å²) in [6.45, 7) is -0.0201. The SMILES string of the molecule is COc1ccc(CN2C(=O)O[C@@H](C(F)(F)F)c3c(Cl)ccnc32)cc1. The van der Waals surface area contributed by atoms with Gasteiger partial charge in [0.25, 0.3) is 0 Å². The fraction of sp³-hybridized carbons (Fsp3) is 0.250. The number of cyclic esters (lactones) is 1. The average Bonchev–Trinajstić information content (AvgIpc) is 2.57.